The molecule has 30 heavy (non-hydrogen) atoms. The molecule has 0 aliphatic carbocycles. The topological polar surface area (TPSA) is 78.3 Å². The van der Waals surface area contributed by atoms with Gasteiger partial charge in [0.25, 0.3) is 0 Å². The van der Waals surface area contributed by atoms with Gasteiger partial charge in [-0.2, -0.15) is 0 Å². The molecule has 1 aliphatic heterocycles. The van der Waals surface area contributed by atoms with Gasteiger partial charge in [-0.3, -0.25) is 9.36 Å². The van der Waals surface area contributed by atoms with Crippen LogP contribution >= 0.6 is 23.1 Å². The number of nitrogens with zero attached hydrogens (tertiary/aromatic N) is 3. The Balaban J connectivity index is 1.57. The Labute approximate surface area is 183 Å². The number of carbonyl (C=O) groups is 1. The molecule has 0 bridgehead atoms. The molecule has 1 unspecified atom stereocenters. The lowest BCUT2D eigenvalue weighted by atomic mass is 10.2. The van der Waals surface area contributed by atoms with Gasteiger partial charge in [0.2, 0.25) is 5.91 Å². The van der Waals surface area contributed by atoms with Crippen LogP contribution in [-0.4, -0.2) is 52.8 Å². The number of rotatable bonds is 8. The number of thioether (sulfide) groups is 1. The lowest BCUT2D eigenvalue weighted by Gasteiger charge is -2.14. The maximum absolute atomic E-state index is 12.4. The van der Waals surface area contributed by atoms with Crippen molar-refractivity contribution in [3.05, 3.63) is 41.3 Å². The van der Waals surface area contributed by atoms with Gasteiger partial charge in [0, 0.05) is 13.2 Å². The Morgan fingerprint density at radius 1 is 1.40 bits per heavy atom. The molecule has 1 saturated heterocycles. The van der Waals surface area contributed by atoms with Crippen LogP contribution in [0, 0.1) is 6.92 Å². The summed E-state index contributed by atoms with van der Waals surface area (Å²) in [5, 5.41) is 14.4. The summed E-state index contributed by atoms with van der Waals surface area (Å²) in [5.41, 5.74) is 1.95. The van der Waals surface area contributed by atoms with Gasteiger partial charge in [0.1, 0.15) is 5.75 Å². The number of hydrogen-bond acceptors (Lipinski definition) is 7. The molecule has 4 rings (SSSR count). The molecule has 2 aromatic heterocycles. The minimum Gasteiger partial charge on any atom is -0.495 e. The zero-order valence-electron chi connectivity index (χ0n) is 17.0. The first-order valence-electron chi connectivity index (χ1n) is 9.81. The fourth-order valence-electron chi connectivity index (χ4n) is 3.33. The molecule has 1 aromatic carbocycles. The first-order chi connectivity index (χ1) is 14.7. The molecule has 1 N–H and O–H groups in total. The van der Waals surface area contributed by atoms with E-state index in [2.05, 4.69) is 15.5 Å². The van der Waals surface area contributed by atoms with Crippen LogP contribution in [0.25, 0.3) is 16.4 Å². The molecule has 1 amide bonds. The van der Waals surface area contributed by atoms with E-state index in [-0.39, 0.29) is 17.8 Å². The first kappa shape index (κ1) is 20.9. The van der Waals surface area contributed by atoms with Gasteiger partial charge in [0.15, 0.2) is 11.0 Å². The van der Waals surface area contributed by atoms with E-state index in [0.717, 1.165) is 47.2 Å². The van der Waals surface area contributed by atoms with Crippen LogP contribution in [0.3, 0.4) is 0 Å². The number of thiophene rings is 1. The van der Waals surface area contributed by atoms with Crippen LogP contribution in [0.15, 0.2) is 40.9 Å². The molecule has 9 heteroatoms. The van der Waals surface area contributed by atoms with E-state index in [1.54, 1.807) is 18.4 Å². The predicted molar refractivity (Wildman–Crippen MR) is 119 cm³/mol. The fraction of sp³-hybridized carbons (Fsp3) is 0.381. The highest BCUT2D eigenvalue weighted by Crippen LogP contribution is 2.34. The molecule has 158 valence electrons. The monoisotopic (exact) mass is 444 g/mol. The second-order valence-electron chi connectivity index (χ2n) is 7.02. The van der Waals surface area contributed by atoms with Gasteiger partial charge in [-0.1, -0.05) is 23.9 Å². The Morgan fingerprint density at radius 2 is 2.30 bits per heavy atom. The van der Waals surface area contributed by atoms with Crippen LogP contribution in [-0.2, 0) is 9.53 Å². The lowest BCUT2D eigenvalue weighted by molar-refractivity contribution is -0.119. The number of amides is 1. The van der Waals surface area contributed by atoms with Gasteiger partial charge in [-0.05, 0) is 48.9 Å². The van der Waals surface area contributed by atoms with E-state index in [1.165, 1.54) is 11.8 Å². The highest BCUT2D eigenvalue weighted by Gasteiger charge is 2.21. The maximum Gasteiger partial charge on any atom is 0.230 e. The number of benzene rings is 1. The third kappa shape index (κ3) is 4.69. The summed E-state index contributed by atoms with van der Waals surface area (Å²) in [5.74, 6) is 1.67. The molecule has 1 atom stereocenters. The van der Waals surface area contributed by atoms with Crippen molar-refractivity contribution in [1.82, 2.24) is 20.1 Å². The van der Waals surface area contributed by atoms with Crippen molar-refractivity contribution in [2.45, 2.75) is 31.0 Å². The smallest absolute Gasteiger partial charge is 0.230 e. The van der Waals surface area contributed by atoms with Crippen molar-refractivity contribution < 1.29 is 14.3 Å². The van der Waals surface area contributed by atoms with E-state index in [1.807, 2.05) is 47.2 Å². The highest BCUT2D eigenvalue weighted by molar-refractivity contribution is 7.99. The zero-order valence-corrected chi connectivity index (χ0v) is 18.6. The van der Waals surface area contributed by atoms with Crippen molar-refractivity contribution in [1.29, 1.82) is 0 Å². The Bertz CT molecular complexity index is 998. The Hall–Kier alpha value is -2.36. The Kier molecular flexibility index (Phi) is 6.71. The molecular weight excluding hydrogens is 420 g/mol. The van der Waals surface area contributed by atoms with E-state index < -0.39 is 0 Å². The summed E-state index contributed by atoms with van der Waals surface area (Å²) < 4.78 is 13.1. The number of hydrogen-bond donors (Lipinski definition) is 1. The summed E-state index contributed by atoms with van der Waals surface area (Å²) in [6.07, 6.45) is 2.19. The Morgan fingerprint density at radius 3 is 3.03 bits per heavy atom. The molecule has 3 aromatic rings. The van der Waals surface area contributed by atoms with Gasteiger partial charge in [0.05, 0.1) is 29.5 Å². The summed E-state index contributed by atoms with van der Waals surface area (Å²) in [6.45, 7) is 3.36. The third-order valence-electron chi connectivity index (χ3n) is 4.83. The predicted octanol–water partition coefficient (Wildman–Crippen LogP) is 3.70. The van der Waals surface area contributed by atoms with E-state index >= 15 is 0 Å². The molecule has 1 aliphatic rings. The standard InChI is InChI=1S/C21H24N4O3S2/c1-14-7-8-17(27-2)16(11-14)25-20(18-6-4-10-29-18)23-24-21(25)30-13-19(26)22-12-15-5-3-9-28-15/h4,6-8,10-11,15H,3,5,9,12-13H2,1-2H3,(H,22,26). The molecule has 0 spiro atoms. The number of nitrogens with one attached hydrogen (secondary N) is 1. The van der Waals surface area contributed by atoms with Crippen molar-refractivity contribution in [3.63, 3.8) is 0 Å². The molecule has 1 fully saturated rings. The molecular formula is C21H24N4O3S2. The minimum atomic E-state index is -0.0427. The molecule has 0 radical (unpaired) electrons. The molecule has 3 heterocycles. The normalized spacial score (nSPS) is 16.0. The lowest BCUT2D eigenvalue weighted by Crippen LogP contribution is -2.32. The SMILES string of the molecule is COc1ccc(C)cc1-n1c(SCC(=O)NCC2CCCO2)nnc1-c1cccs1. The second kappa shape index (κ2) is 9.63. The van der Waals surface area contributed by atoms with Crippen LogP contribution in [0.4, 0.5) is 0 Å². The first-order valence-corrected chi connectivity index (χ1v) is 11.7. The zero-order chi connectivity index (χ0) is 20.9. The molecule has 7 nitrogen and oxygen atoms in total. The van der Waals surface area contributed by atoms with Gasteiger partial charge < -0.3 is 14.8 Å². The van der Waals surface area contributed by atoms with E-state index in [0.29, 0.717) is 11.7 Å². The maximum atomic E-state index is 12.4. The fourth-order valence-corrected chi connectivity index (χ4v) is 4.81. The summed E-state index contributed by atoms with van der Waals surface area (Å²) in [4.78, 5) is 13.4. The summed E-state index contributed by atoms with van der Waals surface area (Å²) in [6, 6.07) is 9.98. The average molecular weight is 445 g/mol. The van der Waals surface area contributed by atoms with Crippen molar-refractivity contribution >= 4 is 29.0 Å². The van der Waals surface area contributed by atoms with Crippen molar-refractivity contribution in [2.75, 3.05) is 26.0 Å². The number of aryl methyl sites for hydroxylation is 1. The van der Waals surface area contributed by atoms with Crippen LogP contribution in [0.1, 0.15) is 18.4 Å². The largest absolute Gasteiger partial charge is 0.495 e. The van der Waals surface area contributed by atoms with E-state index in [4.69, 9.17) is 9.47 Å². The van der Waals surface area contributed by atoms with Gasteiger partial charge in [-0.25, -0.2) is 0 Å². The van der Waals surface area contributed by atoms with Crippen LogP contribution < -0.4 is 10.1 Å². The van der Waals surface area contributed by atoms with Gasteiger partial charge in [-0.15, -0.1) is 21.5 Å². The number of carbonyl (C=O) groups excluding carboxylic acids is 1. The van der Waals surface area contributed by atoms with E-state index in [9.17, 15) is 4.79 Å². The van der Waals surface area contributed by atoms with Crippen molar-refractivity contribution in [2.24, 2.45) is 0 Å². The number of aromatic nitrogens is 3. The quantitative estimate of drug-likeness (QED) is 0.534. The average Bonchev–Trinajstić information content (AvgIpc) is 3.52. The third-order valence-corrected chi connectivity index (χ3v) is 6.63. The number of methoxy groups -OCH3 is 1. The van der Waals surface area contributed by atoms with Crippen LogP contribution in [0.2, 0.25) is 0 Å². The second-order valence-corrected chi connectivity index (χ2v) is 8.91. The summed E-state index contributed by atoms with van der Waals surface area (Å²) >= 11 is 2.96. The van der Waals surface area contributed by atoms with Gasteiger partial charge >= 0.3 is 0 Å². The summed E-state index contributed by atoms with van der Waals surface area (Å²) in [7, 11) is 1.65. The molecule has 0 saturated carbocycles. The number of ether oxygens (including phenoxy) is 2. The highest BCUT2D eigenvalue weighted by atomic mass is 32.2. The minimum absolute atomic E-state index is 0.0427. The van der Waals surface area contributed by atoms with Crippen molar-refractivity contribution in [3.8, 4) is 22.1 Å². The van der Waals surface area contributed by atoms with Crippen LogP contribution in [0.5, 0.6) is 5.75 Å².